The van der Waals surface area contributed by atoms with Crippen molar-refractivity contribution < 1.29 is 9.90 Å². The number of aliphatic hydroxyl groups is 1. The number of hydrogen-bond acceptors (Lipinski definition) is 2. The second-order valence-corrected chi connectivity index (χ2v) is 3.64. The van der Waals surface area contributed by atoms with Gasteiger partial charge in [-0.15, -0.1) is 0 Å². The fourth-order valence-electron chi connectivity index (χ4n) is 1.80. The number of fused-ring (bicyclic) bond motifs is 1. The van der Waals surface area contributed by atoms with Gasteiger partial charge in [0.25, 0.3) is 0 Å². The standard InChI is InChI=1S/C12H12O2/c1-8-2-3-9-4-5-10(7-13)12(14)11(9)6-8/h2-3,6-7,13H,4-5H2,1H3. The zero-order valence-electron chi connectivity index (χ0n) is 8.08. The summed E-state index contributed by atoms with van der Waals surface area (Å²) in [6, 6.07) is 5.90. The van der Waals surface area contributed by atoms with Crippen LogP contribution in [-0.2, 0) is 6.42 Å². The number of rotatable bonds is 0. The van der Waals surface area contributed by atoms with Crippen LogP contribution < -0.4 is 0 Å². The van der Waals surface area contributed by atoms with E-state index in [9.17, 15) is 4.79 Å². The number of carbonyl (C=O) groups excluding carboxylic acids is 1. The molecule has 72 valence electrons. The molecule has 0 amide bonds. The van der Waals surface area contributed by atoms with Crippen molar-refractivity contribution in [3.63, 3.8) is 0 Å². The molecule has 0 radical (unpaired) electrons. The summed E-state index contributed by atoms with van der Waals surface area (Å²) >= 11 is 0. The molecule has 2 nitrogen and oxygen atoms in total. The third-order valence-corrected chi connectivity index (χ3v) is 2.62. The zero-order valence-corrected chi connectivity index (χ0v) is 8.08. The number of benzene rings is 1. The van der Waals surface area contributed by atoms with Crippen molar-refractivity contribution in [3.8, 4) is 0 Å². The van der Waals surface area contributed by atoms with Gasteiger partial charge in [-0.3, -0.25) is 4.79 Å². The second kappa shape index (κ2) is 3.29. The predicted octanol–water partition coefficient (Wildman–Crippen LogP) is 2.57. The van der Waals surface area contributed by atoms with E-state index in [4.69, 9.17) is 5.11 Å². The first-order chi connectivity index (χ1) is 6.72. The average Bonchev–Trinajstić information content (AvgIpc) is 2.20. The molecule has 1 aliphatic rings. The van der Waals surface area contributed by atoms with Crippen LogP contribution in [0.1, 0.15) is 27.9 Å². The van der Waals surface area contributed by atoms with Crippen LogP contribution in [0, 0.1) is 6.92 Å². The highest BCUT2D eigenvalue weighted by molar-refractivity contribution is 6.10. The van der Waals surface area contributed by atoms with Gasteiger partial charge in [0.15, 0.2) is 5.78 Å². The number of aryl methyl sites for hydroxylation is 2. The third-order valence-electron chi connectivity index (χ3n) is 2.62. The van der Waals surface area contributed by atoms with Gasteiger partial charge in [-0.1, -0.05) is 17.7 Å². The smallest absolute Gasteiger partial charge is 0.192 e. The summed E-state index contributed by atoms with van der Waals surface area (Å²) in [5, 5.41) is 8.87. The fourth-order valence-corrected chi connectivity index (χ4v) is 1.80. The van der Waals surface area contributed by atoms with Gasteiger partial charge in [0.1, 0.15) is 0 Å². The minimum atomic E-state index is -0.0301. The number of carbonyl (C=O) groups is 1. The molecule has 1 aromatic carbocycles. The first-order valence-corrected chi connectivity index (χ1v) is 4.70. The van der Waals surface area contributed by atoms with E-state index < -0.39 is 0 Å². The maximum atomic E-state index is 11.8. The van der Waals surface area contributed by atoms with Gasteiger partial charge in [0, 0.05) is 11.1 Å². The molecule has 0 aromatic heterocycles. The monoisotopic (exact) mass is 188 g/mol. The Kier molecular flexibility index (Phi) is 2.12. The Bertz CT molecular complexity index is 416. The molecule has 0 aliphatic heterocycles. The number of ketones is 1. The van der Waals surface area contributed by atoms with Crippen LogP contribution in [0.4, 0.5) is 0 Å². The van der Waals surface area contributed by atoms with Gasteiger partial charge in [-0.05, 0) is 31.4 Å². The molecule has 14 heavy (non-hydrogen) atoms. The van der Waals surface area contributed by atoms with E-state index in [1.807, 2.05) is 25.1 Å². The van der Waals surface area contributed by atoms with Crippen molar-refractivity contribution >= 4 is 5.78 Å². The van der Waals surface area contributed by atoms with E-state index in [2.05, 4.69) is 0 Å². The second-order valence-electron chi connectivity index (χ2n) is 3.64. The maximum Gasteiger partial charge on any atom is 0.192 e. The van der Waals surface area contributed by atoms with E-state index in [1.54, 1.807) is 0 Å². The lowest BCUT2D eigenvalue weighted by atomic mass is 9.86. The molecule has 1 aromatic rings. The molecule has 0 unspecified atom stereocenters. The first kappa shape index (κ1) is 9.00. The Labute approximate surface area is 82.9 Å². The van der Waals surface area contributed by atoms with Crippen molar-refractivity contribution in [2.45, 2.75) is 19.8 Å². The summed E-state index contributed by atoms with van der Waals surface area (Å²) in [4.78, 5) is 11.8. The molecule has 2 heteroatoms. The first-order valence-electron chi connectivity index (χ1n) is 4.70. The molecule has 0 atom stereocenters. The van der Waals surface area contributed by atoms with Crippen molar-refractivity contribution in [3.05, 3.63) is 46.7 Å². The lowest BCUT2D eigenvalue weighted by Crippen LogP contribution is -2.14. The summed E-state index contributed by atoms with van der Waals surface area (Å²) in [5.74, 6) is -0.0301. The summed E-state index contributed by atoms with van der Waals surface area (Å²) in [7, 11) is 0. The Morgan fingerprint density at radius 1 is 1.36 bits per heavy atom. The van der Waals surface area contributed by atoms with Crippen LogP contribution in [0.2, 0.25) is 0 Å². The molecule has 1 N–H and O–H groups in total. The van der Waals surface area contributed by atoms with E-state index in [0.717, 1.165) is 29.4 Å². The van der Waals surface area contributed by atoms with Gasteiger partial charge < -0.3 is 5.11 Å². The molecule has 1 aliphatic carbocycles. The lowest BCUT2D eigenvalue weighted by Gasteiger charge is -2.16. The third kappa shape index (κ3) is 1.33. The van der Waals surface area contributed by atoms with Gasteiger partial charge in [-0.25, -0.2) is 0 Å². The molecular formula is C12H12O2. The van der Waals surface area contributed by atoms with E-state index in [0.29, 0.717) is 12.0 Å². The van der Waals surface area contributed by atoms with Crippen LogP contribution >= 0.6 is 0 Å². The molecule has 0 spiro atoms. The quantitative estimate of drug-likeness (QED) is 0.502. The zero-order chi connectivity index (χ0) is 10.1. The van der Waals surface area contributed by atoms with Crippen molar-refractivity contribution in [1.82, 2.24) is 0 Å². The SMILES string of the molecule is Cc1ccc2c(c1)C(=O)C(=CO)CC2. The summed E-state index contributed by atoms with van der Waals surface area (Å²) in [5.41, 5.74) is 3.43. The molecular weight excluding hydrogens is 176 g/mol. The minimum absolute atomic E-state index is 0.0301. The highest BCUT2D eigenvalue weighted by Crippen LogP contribution is 2.25. The van der Waals surface area contributed by atoms with Gasteiger partial charge >= 0.3 is 0 Å². The largest absolute Gasteiger partial charge is 0.515 e. The summed E-state index contributed by atoms with van der Waals surface area (Å²) in [6.07, 6.45) is 2.42. The average molecular weight is 188 g/mol. The van der Waals surface area contributed by atoms with Gasteiger partial charge in [-0.2, -0.15) is 0 Å². The maximum absolute atomic E-state index is 11.8. The predicted molar refractivity (Wildman–Crippen MR) is 54.5 cm³/mol. The molecule has 0 fully saturated rings. The highest BCUT2D eigenvalue weighted by atomic mass is 16.2. The molecule has 0 saturated carbocycles. The molecule has 2 rings (SSSR count). The van der Waals surface area contributed by atoms with Crippen LogP contribution in [0.15, 0.2) is 30.0 Å². The Hall–Kier alpha value is -1.57. The summed E-state index contributed by atoms with van der Waals surface area (Å²) in [6.45, 7) is 1.96. The van der Waals surface area contributed by atoms with Crippen molar-refractivity contribution in [2.75, 3.05) is 0 Å². The number of allylic oxidation sites excluding steroid dienone is 1. The Morgan fingerprint density at radius 2 is 2.14 bits per heavy atom. The Morgan fingerprint density at radius 3 is 2.86 bits per heavy atom. The van der Waals surface area contributed by atoms with Crippen molar-refractivity contribution in [1.29, 1.82) is 0 Å². The number of hydrogen-bond donors (Lipinski definition) is 1. The highest BCUT2D eigenvalue weighted by Gasteiger charge is 2.21. The summed E-state index contributed by atoms with van der Waals surface area (Å²) < 4.78 is 0. The van der Waals surface area contributed by atoms with E-state index >= 15 is 0 Å². The van der Waals surface area contributed by atoms with Crippen molar-refractivity contribution in [2.24, 2.45) is 0 Å². The number of aliphatic hydroxyl groups excluding tert-OH is 1. The molecule has 0 bridgehead atoms. The normalized spacial score (nSPS) is 18.4. The molecule has 0 saturated heterocycles. The van der Waals surface area contributed by atoms with E-state index in [1.165, 1.54) is 0 Å². The lowest BCUT2D eigenvalue weighted by molar-refractivity contribution is 0.102. The number of Topliss-reactive ketones (excluding diaryl/α,β-unsaturated/α-hetero) is 1. The van der Waals surface area contributed by atoms with Crippen LogP contribution in [-0.4, -0.2) is 10.9 Å². The fraction of sp³-hybridized carbons (Fsp3) is 0.250. The Balaban J connectivity index is 2.54. The van der Waals surface area contributed by atoms with Crippen LogP contribution in [0.5, 0.6) is 0 Å². The molecule has 0 heterocycles. The van der Waals surface area contributed by atoms with Gasteiger partial charge in [0.2, 0.25) is 0 Å². The van der Waals surface area contributed by atoms with Crippen LogP contribution in [0.3, 0.4) is 0 Å². The topological polar surface area (TPSA) is 37.3 Å². The van der Waals surface area contributed by atoms with Gasteiger partial charge in [0.05, 0.1) is 6.26 Å². The van der Waals surface area contributed by atoms with E-state index in [-0.39, 0.29) is 5.78 Å². The minimum Gasteiger partial charge on any atom is -0.515 e. The van der Waals surface area contributed by atoms with Crippen LogP contribution in [0.25, 0.3) is 0 Å².